The van der Waals surface area contributed by atoms with E-state index in [1.807, 2.05) is 30.4 Å². The Morgan fingerprint density at radius 3 is 2.74 bits per heavy atom. The second-order valence-corrected chi connectivity index (χ2v) is 8.11. The molecule has 1 aromatic rings. The molecule has 1 fully saturated rings. The van der Waals surface area contributed by atoms with Crippen molar-refractivity contribution in [1.29, 1.82) is 0 Å². The Hall–Kier alpha value is -2.52. The van der Waals surface area contributed by atoms with Crippen LogP contribution in [-0.4, -0.2) is 62.8 Å². The van der Waals surface area contributed by atoms with Gasteiger partial charge in [0.1, 0.15) is 18.5 Å². The Morgan fingerprint density at radius 1 is 1.32 bits per heavy atom. The predicted octanol–water partition coefficient (Wildman–Crippen LogP) is 1.54. The molecule has 1 saturated heterocycles. The Kier molecular flexibility index (Phi) is 10.4. The van der Waals surface area contributed by atoms with Gasteiger partial charge in [-0.25, -0.2) is 5.09 Å². The smallest absolute Gasteiger partial charge is 0.320 e. The van der Waals surface area contributed by atoms with Crippen LogP contribution in [-0.2, 0) is 28.4 Å². The highest BCUT2D eigenvalue weighted by Crippen LogP contribution is 2.37. The summed E-state index contributed by atoms with van der Waals surface area (Å²) in [4.78, 5) is 34.9. The fraction of sp³-hybridized carbons (Fsp3) is 0.450. The van der Waals surface area contributed by atoms with Crippen LogP contribution in [0.2, 0.25) is 0 Å². The first-order valence-corrected chi connectivity index (χ1v) is 10.9. The van der Waals surface area contributed by atoms with E-state index >= 15 is 0 Å². The minimum Gasteiger partial charge on any atom is -0.468 e. The number of nitrogens with zero attached hydrogens (tertiary/aromatic N) is 1. The zero-order valence-corrected chi connectivity index (χ0v) is 18.6. The highest BCUT2D eigenvalue weighted by molar-refractivity contribution is 7.45. The molecule has 0 bridgehead atoms. The number of hydrogen-bond acceptors (Lipinski definition) is 9. The second-order valence-electron chi connectivity index (χ2n) is 6.84. The van der Waals surface area contributed by atoms with Gasteiger partial charge >= 0.3 is 14.5 Å². The summed E-state index contributed by atoms with van der Waals surface area (Å²) in [6.07, 6.45) is 3.46. The maximum Gasteiger partial charge on any atom is 0.320 e. The van der Waals surface area contributed by atoms with Gasteiger partial charge in [0, 0.05) is 25.2 Å². The average molecular weight is 453 g/mol. The van der Waals surface area contributed by atoms with Crippen molar-refractivity contribution in [2.24, 2.45) is 5.92 Å². The number of ether oxygens (including phenoxy) is 2. The summed E-state index contributed by atoms with van der Waals surface area (Å²) >= 11 is 0. The molecule has 0 radical (unpaired) electrons. The maximum absolute atomic E-state index is 11.5. The molecule has 4 unspecified atom stereocenters. The van der Waals surface area contributed by atoms with Crippen molar-refractivity contribution in [3.63, 3.8) is 0 Å². The number of hydrogen-bond donors (Lipinski definition) is 2. The number of rotatable bonds is 12. The van der Waals surface area contributed by atoms with Gasteiger partial charge in [0.05, 0.1) is 19.8 Å². The van der Waals surface area contributed by atoms with Crippen LogP contribution in [0.1, 0.15) is 13.3 Å². The van der Waals surface area contributed by atoms with E-state index in [-0.39, 0.29) is 31.4 Å². The molecule has 1 aliphatic heterocycles. The first kappa shape index (κ1) is 24.7. The molecule has 2 amide bonds. The number of esters is 1. The Bertz CT molecular complexity index is 750. The van der Waals surface area contributed by atoms with E-state index in [1.165, 1.54) is 13.2 Å². The summed E-state index contributed by atoms with van der Waals surface area (Å²) in [6, 6.07) is 9.15. The number of amides is 2. The molecule has 170 valence electrons. The lowest BCUT2D eigenvalue weighted by atomic mass is 10.1. The molecule has 1 heterocycles. The molecule has 4 atom stereocenters. The maximum atomic E-state index is 11.5. The van der Waals surface area contributed by atoms with Crippen LogP contribution < -0.4 is 14.9 Å². The molecule has 0 saturated carbocycles. The topological polar surface area (TPSA) is 115 Å². The molecule has 1 aromatic carbocycles. The summed E-state index contributed by atoms with van der Waals surface area (Å²) in [6.45, 7) is 2.26. The monoisotopic (exact) mass is 453 g/mol. The quantitative estimate of drug-likeness (QED) is 0.210. The third kappa shape index (κ3) is 8.63. The van der Waals surface area contributed by atoms with Gasteiger partial charge in [-0.2, -0.15) is 0 Å². The van der Waals surface area contributed by atoms with Crippen LogP contribution in [0.5, 0.6) is 5.75 Å². The number of imide groups is 1. The van der Waals surface area contributed by atoms with Gasteiger partial charge in [0.15, 0.2) is 0 Å². The van der Waals surface area contributed by atoms with Crippen LogP contribution in [0.25, 0.3) is 0 Å². The van der Waals surface area contributed by atoms with Crippen molar-refractivity contribution in [2.75, 3.05) is 27.3 Å². The lowest BCUT2D eigenvalue weighted by Gasteiger charge is -2.26. The molecular weight excluding hydrogens is 425 g/mol. The predicted molar refractivity (Wildman–Crippen MR) is 114 cm³/mol. The Morgan fingerprint density at radius 2 is 2.06 bits per heavy atom. The molecule has 2 rings (SSSR count). The molecule has 10 nitrogen and oxygen atoms in total. The summed E-state index contributed by atoms with van der Waals surface area (Å²) in [5, 5.41) is 4.97. The van der Waals surface area contributed by atoms with Crippen LogP contribution in [0, 0.1) is 5.92 Å². The summed E-state index contributed by atoms with van der Waals surface area (Å²) < 4.78 is 22.4. The lowest BCUT2D eigenvalue weighted by Crippen LogP contribution is -2.32. The van der Waals surface area contributed by atoms with Crippen molar-refractivity contribution in [3.8, 4) is 5.75 Å². The summed E-state index contributed by atoms with van der Waals surface area (Å²) in [5.41, 5.74) is 0. The Labute approximate surface area is 182 Å². The molecule has 0 aliphatic carbocycles. The summed E-state index contributed by atoms with van der Waals surface area (Å²) in [5.74, 6) is -0.136. The van der Waals surface area contributed by atoms with E-state index in [0.717, 1.165) is 6.42 Å². The first-order chi connectivity index (χ1) is 14.9. The van der Waals surface area contributed by atoms with Crippen molar-refractivity contribution >= 4 is 26.8 Å². The highest BCUT2D eigenvalue weighted by atomic mass is 31.2. The van der Waals surface area contributed by atoms with E-state index < -0.39 is 20.4 Å². The number of benzene rings is 1. The third-order valence-corrected chi connectivity index (χ3v) is 5.58. The standard InChI is InChI=1S/C20H28N3O7P/c1-15-11-17(29-20(15)23(2)10-9-18(25)21-14-24)13-28-31(22-12-19(26)27-3)30-16-7-5-4-6-8-16/h4-10,14-15,17,20,22H,11-13H2,1-3H3,(H,21,24,25)/b10-9-. The van der Waals surface area contributed by atoms with Crippen molar-refractivity contribution in [2.45, 2.75) is 25.7 Å². The number of nitrogens with one attached hydrogen (secondary N) is 2. The minimum absolute atomic E-state index is 0.0457. The fourth-order valence-electron chi connectivity index (χ4n) is 2.93. The Balaban J connectivity index is 1.89. The lowest BCUT2D eigenvalue weighted by molar-refractivity contribution is -0.139. The fourth-order valence-corrected chi connectivity index (χ4v) is 4.01. The molecule has 11 heteroatoms. The van der Waals surface area contributed by atoms with Crippen molar-refractivity contribution in [1.82, 2.24) is 15.3 Å². The largest absolute Gasteiger partial charge is 0.468 e. The molecule has 31 heavy (non-hydrogen) atoms. The third-order valence-electron chi connectivity index (χ3n) is 4.41. The van der Waals surface area contributed by atoms with Gasteiger partial charge < -0.3 is 23.4 Å². The van der Waals surface area contributed by atoms with Gasteiger partial charge in [-0.15, -0.1) is 0 Å². The SMILES string of the molecule is COC(=O)CNP(OCC1CC(C)C(N(C)/C=C\C(=O)NC=O)O1)Oc1ccccc1. The average Bonchev–Trinajstić information content (AvgIpc) is 3.15. The molecule has 1 aliphatic rings. The van der Waals surface area contributed by atoms with Gasteiger partial charge in [-0.05, 0) is 18.6 Å². The van der Waals surface area contributed by atoms with Crippen LogP contribution in [0.4, 0.5) is 0 Å². The summed E-state index contributed by atoms with van der Waals surface area (Å²) in [7, 11) is 1.50. The van der Waals surface area contributed by atoms with Gasteiger partial charge in [-0.3, -0.25) is 19.7 Å². The number of para-hydroxylation sites is 1. The molecule has 0 spiro atoms. The number of methoxy groups -OCH3 is 1. The van der Waals surface area contributed by atoms with Crippen molar-refractivity contribution in [3.05, 3.63) is 42.6 Å². The zero-order valence-electron chi connectivity index (χ0n) is 17.7. The van der Waals surface area contributed by atoms with Gasteiger partial charge in [-0.1, -0.05) is 25.1 Å². The minimum atomic E-state index is -1.60. The van der Waals surface area contributed by atoms with Gasteiger partial charge in [0.2, 0.25) is 6.41 Å². The number of carbonyl (C=O) groups excluding carboxylic acids is 3. The first-order valence-electron chi connectivity index (χ1n) is 9.69. The molecule has 2 N–H and O–H groups in total. The van der Waals surface area contributed by atoms with Crippen LogP contribution in [0.15, 0.2) is 42.6 Å². The van der Waals surface area contributed by atoms with Crippen LogP contribution >= 0.6 is 8.53 Å². The van der Waals surface area contributed by atoms with Gasteiger partial charge in [0.25, 0.3) is 5.91 Å². The highest BCUT2D eigenvalue weighted by Gasteiger charge is 2.35. The molecular formula is C20H28N3O7P. The van der Waals surface area contributed by atoms with E-state index in [2.05, 4.69) is 9.82 Å². The van der Waals surface area contributed by atoms with Crippen LogP contribution in [0.3, 0.4) is 0 Å². The normalized spacial score (nSPS) is 21.5. The van der Waals surface area contributed by atoms with E-state index in [9.17, 15) is 14.4 Å². The van der Waals surface area contributed by atoms with E-state index in [4.69, 9.17) is 13.8 Å². The van der Waals surface area contributed by atoms with E-state index in [0.29, 0.717) is 12.2 Å². The second kappa shape index (κ2) is 13.0. The molecule has 0 aromatic heterocycles. The van der Waals surface area contributed by atoms with E-state index in [1.54, 1.807) is 30.3 Å². The zero-order chi connectivity index (χ0) is 22.6. The number of carbonyl (C=O) groups is 3. The van der Waals surface area contributed by atoms with Crippen molar-refractivity contribution < 1.29 is 32.9 Å².